The number of pyridine rings is 1. The maximum atomic E-state index is 8.61. The Morgan fingerprint density at radius 2 is 2.27 bits per heavy atom. The van der Waals surface area contributed by atoms with E-state index in [4.69, 9.17) is 5.11 Å². The van der Waals surface area contributed by atoms with Gasteiger partial charge in [0.05, 0.1) is 0 Å². The monoisotopic (exact) mass is 152 g/mol. The van der Waals surface area contributed by atoms with E-state index in [9.17, 15) is 0 Å². The molecule has 0 radical (unpaired) electrons. The third-order valence-corrected chi connectivity index (χ3v) is 1.75. The van der Waals surface area contributed by atoms with E-state index in [1.54, 1.807) is 0 Å². The molecule has 0 atom stereocenters. The van der Waals surface area contributed by atoms with Gasteiger partial charge < -0.3 is 5.11 Å². The van der Waals surface area contributed by atoms with Gasteiger partial charge in [0.1, 0.15) is 7.05 Å². The zero-order chi connectivity index (χ0) is 8.10. The normalized spacial score (nSPS) is 10.0. The average molecular weight is 152 g/mol. The van der Waals surface area contributed by atoms with E-state index >= 15 is 0 Å². The minimum atomic E-state index is 0.273. The van der Waals surface area contributed by atoms with Gasteiger partial charge in [-0.05, 0) is 6.42 Å². The van der Waals surface area contributed by atoms with Crippen LogP contribution in [0.4, 0.5) is 0 Å². The van der Waals surface area contributed by atoms with Crippen molar-refractivity contribution in [3.63, 3.8) is 0 Å². The van der Waals surface area contributed by atoms with Gasteiger partial charge in [0.2, 0.25) is 0 Å². The van der Waals surface area contributed by atoms with Crippen LogP contribution in [0.15, 0.2) is 24.4 Å². The first-order chi connectivity index (χ1) is 5.34. The first kappa shape index (κ1) is 8.21. The van der Waals surface area contributed by atoms with Gasteiger partial charge in [-0.25, -0.2) is 4.57 Å². The minimum Gasteiger partial charge on any atom is -0.396 e. The second-order valence-electron chi connectivity index (χ2n) is 2.63. The van der Waals surface area contributed by atoms with E-state index in [-0.39, 0.29) is 6.61 Å². The van der Waals surface area contributed by atoms with E-state index in [2.05, 4.69) is 10.6 Å². The third kappa shape index (κ3) is 2.31. The standard InChI is InChI=1S/C9H14NO/c1-10-7-3-2-5-9(10)6-4-8-11/h2-3,5,7,11H,4,6,8H2,1H3/q+1. The second kappa shape index (κ2) is 4.09. The molecule has 1 N–H and O–H groups in total. The molecule has 1 aromatic heterocycles. The largest absolute Gasteiger partial charge is 0.396 e. The molecule has 0 unspecified atom stereocenters. The van der Waals surface area contributed by atoms with Gasteiger partial charge in [-0.3, -0.25) is 0 Å². The van der Waals surface area contributed by atoms with Crippen molar-refractivity contribution in [2.75, 3.05) is 6.61 Å². The Morgan fingerprint density at radius 1 is 1.45 bits per heavy atom. The van der Waals surface area contributed by atoms with Gasteiger partial charge in [-0.15, -0.1) is 0 Å². The summed E-state index contributed by atoms with van der Waals surface area (Å²) in [5, 5.41) is 8.61. The molecule has 0 aromatic carbocycles. The molecule has 60 valence electrons. The fourth-order valence-corrected chi connectivity index (χ4v) is 1.08. The molecule has 1 heterocycles. The highest BCUT2D eigenvalue weighted by molar-refractivity contribution is 4.96. The molecule has 2 nitrogen and oxygen atoms in total. The van der Waals surface area contributed by atoms with Crippen molar-refractivity contribution in [2.45, 2.75) is 12.8 Å². The van der Waals surface area contributed by atoms with Crippen molar-refractivity contribution in [1.82, 2.24) is 0 Å². The molecule has 1 aromatic rings. The lowest BCUT2D eigenvalue weighted by molar-refractivity contribution is -0.679. The Morgan fingerprint density at radius 3 is 2.91 bits per heavy atom. The number of hydrogen-bond donors (Lipinski definition) is 1. The Bertz CT molecular complexity index is 223. The molecule has 0 aliphatic rings. The fourth-order valence-electron chi connectivity index (χ4n) is 1.08. The maximum Gasteiger partial charge on any atom is 0.181 e. The number of aliphatic hydroxyl groups excluding tert-OH is 1. The van der Waals surface area contributed by atoms with Crippen molar-refractivity contribution >= 4 is 0 Å². The lowest BCUT2D eigenvalue weighted by Gasteiger charge is -1.96. The van der Waals surface area contributed by atoms with E-state index in [1.807, 2.05) is 25.4 Å². The Hall–Kier alpha value is -0.890. The molecule has 11 heavy (non-hydrogen) atoms. The molecule has 1 rings (SSSR count). The predicted octanol–water partition coefficient (Wildman–Crippen LogP) is 0.436. The van der Waals surface area contributed by atoms with Crippen LogP contribution in [0.25, 0.3) is 0 Å². The molecular formula is C9H14NO+. The zero-order valence-corrected chi connectivity index (χ0v) is 6.83. The van der Waals surface area contributed by atoms with E-state index in [1.165, 1.54) is 5.69 Å². The summed E-state index contributed by atoms with van der Waals surface area (Å²) >= 11 is 0. The van der Waals surface area contributed by atoms with Gasteiger partial charge >= 0.3 is 0 Å². The molecule has 2 heteroatoms. The number of hydrogen-bond acceptors (Lipinski definition) is 1. The van der Waals surface area contributed by atoms with Crippen molar-refractivity contribution in [1.29, 1.82) is 0 Å². The quantitative estimate of drug-likeness (QED) is 0.624. The minimum absolute atomic E-state index is 0.273. The van der Waals surface area contributed by atoms with Crippen LogP contribution in [0.3, 0.4) is 0 Å². The molecule has 0 amide bonds. The summed E-state index contributed by atoms with van der Waals surface area (Å²) < 4.78 is 2.08. The number of nitrogens with zero attached hydrogens (tertiary/aromatic N) is 1. The third-order valence-electron chi connectivity index (χ3n) is 1.75. The first-order valence-electron chi connectivity index (χ1n) is 3.89. The lowest BCUT2D eigenvalue weighted by Crippen LogP contribution is -2.32. The lowest BCUT2D eigenvalue weighted by atomic mass is 10.2. The van der Waals surface area contributed by atoms with Gasteiger partial charge in [0, 0.05) is 25.2 Å². The molecule has 0 aliphatic heterocycles. The van der Waals surface area contributed by atoms with Crippen LogP contribution in [-0.4, -0.2) is 11.7 Å². The van der Waals surface area contributed by atoms with Crippen molar-refractivity contribution in [3.8, 4) is 0 Å². The van der Waals surface area contributed by atoms with E-state index < -0.39 is 0 Å². The topological polar surface area (TPSA) is 24.1 Å². The molecule has 0 spiro atoms. The van der Waals surface area contributed by atoms with Crippen LogP contribution in [0.5, 0.6) is 0 Å². The summed E-state index contributed by atoms with van der Waals surface area (Å²) in [6, 6.07) is 6.10. The van der Waals surface area contributed by atoms with Crippen LogP contribution in [-0.2, 0) is 13.5 Å². The maximum absolute atomic E-state index is 8.61. The van der Waals surface area contributed by atoms with Gasteiger partial charge in [0.15, 0.2) is 11.9 Å². The van der Waals surface area contributed by atoms with Gasteiger partial charge in [-0.1, -0.05) is 6.07 Å². The Kier molecular flexibility index (Phi) is 3.05. The number of aryl methyl sites for hydroxylation is 2. The summed E-state index contributed by atoms with van der Waals surface area (Å²) in [5.41, 5.74) is 1.27. The molecule has 0 saturated carbocycles. The van der Waals surface area contributed by atoms with Crippen molar-refractivity contribution in [2.24, 2.45) is 7.05 Å². The fraction of sp³-hybridized carbons (Fsp3) is 0.444. The number of rotatable bonds is 3. The van der Waals surface area contributed by atoms with Gasteiger partial charge in [0.25, 0.3) is 0 Å². The summed E-state index contributed by atoms with van der Waals surface area (Å²) in [6.07, 6.45) is 3.82. The smallest absolute Gasteiger partial charge is 0.181 e. The molecular weight excluding hydrogens is 138 g/mol. The number of aliphatic hydroxyl groups is 1. The Balaban J connectivity index is 2.62. The van der Waals surface area contributed by atoms with Crippen molar-refractivity contribution < 1.29 is 9.67 Å². The SMILES string of the molecule is C[n+]1ccccc1CCCO. The predicted molar refractivity (Wildman–Crippen MR) is 43.0 cm³/mol. The highest BCUT2D eigenvalue weighted by atomic mass is 16.2. The Labute approximate surface area is 67.1 Å². The molecule has 0 bridgehead atoms. The first-order valence-corrected chi connectivity index (χ1v) is 3.89. The second-order valence-corrected chi connectivity index (χ2v) is 2.63. The van der Waals surface area contributed by atoms with E-state index in [0.717, 1.165) is 12.8 Å². The number of aromatic nitrogens is 1. The van der Waals surface area contributed by atoms with Crippen LogP contribution in [0.2, 0.25) is 0 Å². The highest BCUT2D eigenvalue weighted by Crippen LogP contribution is 1.94. The van der Waals surface area contributed by atoms with Crippen molar-refractivity contribution in [3.05, 3.63) is 30.1 Å². The van der Waals surface area contributed by atoms with Crippen LogP contribution >= 0.6 is 0 Å². The van der Waals surface area contributed by atoms with Crippen LogP contribution in [0.1, 0.15) is 12.1 Å². The molecule has 0 aliphatic carbocycles. The van der Waals surface area contributed by atoms with Gasteiger partial charge in [-0.2, -0.15) is 0 Å². The summed E-state index contributed by atoms with van der Waals surface area (Å²) in [5.74, 6) is 0. The highest BCUT2D eigenvalue weighted by Gasteiger charge is 2.01. The van der Waals surface area contributed by atoms with E-state index in [0.29, 0.717) is 0 Å². The van der Waals surface area contributed by atoms with Crippen LogP contribution < -0.4 is 4.57 Å². The molecule has 0 fully saturated rings. The summed E-state index contributed by atoms with van der Waals surface area (Å²) in [4.78, 5) is 0. The average Bonchev–Trinajstić information content (AvgIpc) is 2.03. The molecule has 0 saturated heterocycles. The zero-order valence-electron chi connectivity index (χ0n) is 6.83. The summed E-state index contributed by atoms with van der Waals surface area (Å²) in [6.45, 7) is 0.273. The summed E-state index contributed by atoms with van der Waals surface area (Å²) in [7, 11) is 2.02. The van der Waals surface area contributed by atoms with Crippen LogP contribution in [0, 0.1) is 0 Å².